The maximum atomic E-state index is 11.9. The van der Waals surface area contributed by atoms with Crippen LogP contribution >= 0.6 is 48.2 Å². The van der Waals surface area contributed by atoms with E-state index in [2.05, 4.69) is 37.5 Å². The largest absolute Gasteiger partial charge is 0.519 e. The molecule has 0 aliphatic heterocycles. The van der Waals surface area contributed by atoms with E-state index in [0.29, 0.717) is 0 Å². The normalized spacial score (nSPS) is 19.0. The van der Waals surface area contributed by atoms with Crippen LogP contribution in [0, 0.1) is 0 Å². The van der Waals surface area contributed by atoms with Crippen LogP contribution in [0.25, 0.3) is 0 Å². The van der Waals surface area contributed by atoms with E-state index >= 15 is 0 Å². The fourth-order valence-electron chi connectivity index (χ4n) is 0.223. The highest BCUT2D eigenvalue weighted by Crippen LogP contribution is 2.53. The first kappa shape index (κ1) is 22.1. The molecular weight excluding hydrogens is 469 g/mol. The summed E-state index contributed by atoms with van der Waals surface area (Å²) in [7, 11) is -9.30. The highest BCUT2D eigenvalue weighted by Gasteiger charge is 2.36. The van der Waals surface area contributed by atoms with Gasteiger partial charge < -0.3 is 4.89 Å². The lowest BCUT2D eigenvalue weighted by atomic mass is 10.7. The maximum absolute atomic E-state index is 11.9. The molecule has 118 valence electrons. The van der Waals surface area contributed by atoms with Gasteiger partial charge in [0, 0.05) is 0 Å². The van der Waals surface area contributed by atoms with Crippen molar-refractivity contribution in [1.82, 2.24) is 0 Å². The van der Waals surface area contributed by atoms with Gasteiger partial charge in [-0.1, -0.05) is 9.46 Å². The van der Waals surface area contributed by atoms with E-state index < -0.39 is 28.4 Å². The summed E-state index contributed by atoms with van der Waals surface area (Å²) in [6.07, 6.45) is -6.82. The Hall–Kier alpha value is 0.830. The molecule has 0 amide bonds. The smallest absolute Gasteiger partial charge is 0.300 e. The first-order valence-corrected chi connectivity index (χ1v) is 7.57. The zero-order chi connectivity index (χ0) is 15.7. The van der Waals surface area contributed by atoms with Crippen LogP contribution in [-0.4, -0.2) is 17.7 Å². The number of halogens is 7. The second-order valence-corrected chi connectivity index (χ2v) is 6.31. The molecule has 8 nitrogen and oxygen atoms in total. The zero-order valence-electron chi connectivity index (χ0n) is 8.00. The minimum atomic E-state index is -4.90. The summed E-state index contributed by atoms with van der Waals surface area (Å²) in [4.78, 5) is 7.82. The Morgan fingerprint density at radius 1 is 1.00 bits per heavy atom. The molecule has 0 radical (unpaired) electrons. The number of hydrogen-bond donors (Lipinski definition) is 1. The first-order valence-electron chi connectivity index (χ1n) is 3.32. The molecule has 0 saturated carbocycles. The number of hydrogen-bond acceptors (Lipinski definition) is 7. The van der Waals surface area contributed by atoms with Gasteiger partial charge >= 0.3 is 15.6 Å². The Bertz CT molecular complexity index is 316. The van der Waals surface area contributed by atoms with E-state index in [9.17, 15) is 31.4 Å². The predicted octanol–water partition coefficient (Wildman–Crippen LogP) is 4.21. The van der Waals surface area contributed by atoms with Crippen LogP contribution in [-0.2, 0) is 30.3 Å². The highest BCUT2D eigenvalue weighted by atomic mass is 79.9. The Morgan fingerprint density at radius 3 is 1.63 bits per heavy atom. The lowest BCUT2D eigenvalue weighted by Gasteiger charge is -2.11. The van der Waals surface area contributed by atoms with E-state index in [0.717, 1.165) is 0 Å². The van der Waals surface area contributed by atoms with Crippen molar-refractivity contribution in [2.75, 3.05) is 0 Å². The Balaban J connectivity index is 0. The SMILES string of the molecule is O=P(O)(OF)OBr.O=P(OF)(OBr)OC(F)C(F)F. The Labute approximate surface area is 119 Å². The molecule has 0 rings (SSSR count). The van der Waals surface area contributed by atoms with Crippen LogP contribution < -0.4 is 0 Å². The predicted molar refractivity (Wildman–Crippen MR) is 53.8 cm³/mol. The quantitative estimate of drug-likeness (QED) is 0.435. The summed E-state index contributed by atoms with van der Waals surface area (Å²) in [6, 6.07) is 0. The summed E-state index contributed by atoms with van der Waals surface area (Å²) in [5.74, 6) is 0. The molecule has 0 aromatic heterocycles. The Morgan fingerprint density at radius 2 is 1.47 bits per heavy atom. The minimum absolute atomic E-state index is 1.95. The zero-order valence-corrected chi connectivity index (χ0v) is 13.0. The van der Waals surface area contributed by atoms with Gasteiger partial charge in [0.25, 0.3) is 12.8 Å². The van der Waals surface area contributed by atoms with E-state index in [-0.39, 0.29) is 0 Å². The van der Waals surface area contributed by atoms with E-state index in [1.54, 1.807) is 0 Å². The highest BCUT2D eigenvalue weighted by molar-refractivity contribution is 9.06. The molecule has 17 heteroatoms. The van der Waals surface area contributed by atoms with Gasteiger partial charge in [0.15, 0.2) is 0 Å². The molecule has 0 fully saturated rings. The van der Waals surface area contributed by atoms with Gasteiger partial charge in [0.1, 0.15) is 32.5 Å². The monoisotopic (exact) mass is 470 g/mol. The molecule has 3 unspecified atom stereocenters. The van der Waals surface area contributed by atoms with Crippen LogP contribution in [0.3, 0.4) is 0 Å². The molecule has 0 aliphatic rings. The molecule has 0 aromatic rings. The molecule has 0 spiro atoms. The molecule has 0 saturated heterocycles. The topological polar surface area (TPSA) is 101 Å². The molecule has 0 bridgehead atoms. The number of rotatable bonds is 7. The van der Waals surface area contributed by atoms with Crippen molar-refractivity contribution in [3.05, 3.63) is 0 Å². The summed E-state index contributed by atoms with van der Waals surface area (Å²) >= 11 is 4.00. The third kappa shape index (κ3) is 11.2. The maximum Gasteiger partial charge on any atom is 0.519 e. The van der Waals surface area contributed by atoms with Gasteiger partial charge in [-0.05, 0) is 9.05 Å². The van der Waals surface area contributed by atoms with Crippen molar-refractivity contribution in [2.24, 2.45) is 0 Å². The summed E-state index contributed by atoms with van der Waals surface area (Å²) in [5.41, 5.74) is 0. The van der Waals surface area contributed by atoms with Crippen molar-refractivity contribution in [3.63, 3.8) is 0 Å². The second kappa shape index (κ2) is 10.5. The second-order valence-electron chi connectivity index (χ2n) is 1.98. The average molecular weight is 472 g/mol. The fourth-order valence-corrected chi connectivity index (χ4v) is 1.14. The molecule has 19 heavy (non-hydrogen) atoms. The first-order chi connectivity index (χ1) is 8.57. The lowest BCUT2D eigenvalue weighted by molar-refractivity contribution is -0.110. The molecule has 0 aromatic carbocycles. The van der Waals surface area contributed by atoms with Gasteiger partial charge in [-0.15, -0.1) is 0 Å². The van der Waals surface area contributed by atoms with Crippen molar-refractivity contribution in [3.8, 4) is 0 Å². The molecule has 3 atom stereocenters. The van der Waals surface area contributed by atoms with E-state index in [1.165, 1.54) is 0 Å². The van der Waals surface area contributed by atoms with Crippen LogP contribution in [0.5, 0.6) is 0 Å². The van der Waals surface area contributed by atoms with Crippen molar-refractivity contribution in [1.29, 1.82) is 0 Å². The molecule has 0 heterocycles. The van der Waals surface area contributed by atoms with Crippen molar-refractivity contribution < 1.29 is 57.5 Å². The molecule has 1 N–H and O–H groups in total. The third-order valence-electron chi connectivity index (χ3n) is 0.771. The molecular formula is C2H3Br2F5O8P2. The summed E-state index contributed by atoms with van der Waals surface area (Å²) in [5, 5.41) is 0. The van der Waals surface area contributed by atoms with Gasteiger partial charge in [-0.3, -0.25) is 0 Å². The van der Waals surface area contributed by atoms with E-state index in [4.69, 9.17) is 4.89 Å². The summed E-state index contributed by atoms with van der Waals surface area (Å²) in [6.45, 7) is 0. The number of phosphoric acid groups is 2. The number of alkyl halides is 3. The van der Waals surface area contributed by atoms with Crippen LogP contribution in [0.1, 0.15) is 0 Å². The standard InChI is InChI=1S/C2H2BrF4O4P.BrFHO4P/c3-10-12(8,11-7)9-2(6)1(4)5;1-5-7(3,4)6-2/h1-2H;(H,3,4). The van der Waals surface area contributed by atoms with Crippen LogP contribution in [0.15, 0.2) is 0 Å². The lowest BCUT2D eigenvalue weighted by Crippen LogP contribution is -2.14. The van der Waals surface area contributed by atoms with Crippen LogP contribution in [0.2, 0.25) is 0 Å². The van der Waals surface area contributed by atoms with Gasteiger partial charge in [0.2, 0.25) is 0 Å². The van der Waals surface area contributed by atoms with Crippen LogP contribution in [0.4, 0.5) is 22.2 Å². The third-order valence-corrected chi connectivity index (χ3v) is 4.08. The molecule has 0 aliphatic carbocycles. The van der Waals surface area contributed by atoms with E-state index in [1.807, 2.05) is 16.3 Å². The summed E-state index contributed by atoms with van der Waals surface area (Å²) < 4.78 is 91.6. The van der Waals surface area contributed by atoms with Gasteiger partial charge in [0.05, 0.1) is 0 Å². The van der Waals surface area contributed by atoms with Gasteiger partial charge in [-0.2, -0.15) is 0 Å². The minimum Gasteiger partial charge on any atom is -0.300 e. The Kier molecular flexibility index (Phi) is 12.3. The fraction of sp³-hybridized carbons (Fsp3) is 1.00. The van der Waals surface area contributed by atoms with Gasteiger partial charge in [-0.25, -0.2) is 34.1 Å². The van der Waals surface area contributed by atoms with Crippen molar-refractivity contribution >= 4 is 48.2 Å². The average Bonchev–Trinajstić information content (AvgIpc) is 2.39. The van der Waals surface area contributed by atoms with Crippen molar-refractivity contribution in [2.45, 2.75) is 12.8 Å².